The van der Waals surface area contributed by atoms with E-state index in [0.29, 0.717) is 6.42 Å². The van der Waals surface area contributed by atoms with Gasteiger partial charge in [0.15, 0.2) is 0 Å². The number of rotatable bonds is 4. The normalized spacial score (nSPS) is 16.7. The SMILES string of the molecule is N[C@H](Cc1ccc(O)cc1)C(=O)NC1CC=CC1. The van der Waals surface area contributed by atoms with E-state index in [9.17, 15) is 9.90 Å². The summed E-state index contributed by atoms with van der Waals surface area (Å²) in [5, 5.41) is 12.1. The molecule has 1 atom stereocenters. The van der Waals surface area contributed by atoms with Gasteiger partial charge in [0.2, 0.25) is 5.91 Å². The average molecular weight is 246 g/mol. The highest BCUT2D eigenvalue weighted by Crippen LogP contribution is 2.12. The number of phenols is 1. The number of hydrogen-bond acceptors (Lipinski definition) is 3. The molecule has 96 valence electrons. The zero-order chi connectivity index (χ0) is 13.0. The molecule has 0 spiro atoms. The van der Waals surface area contributed by atoms with Crippen molar-refractivity contribution in [3.8, 4) is 5.75 Å². The molecule has 4 N–H and O–H groups in total. The van der Waals surface area contributed by atoms with Gasteiger partial charge in [0.05, 0.1) is 6.04 Å². The van der Waals surface area contributed by atoms with Gasteiger partial charge in [-0.05, 0) is 37.0 Å². The van der Waals surface area contributed by atoms with E-state index in [1.807, 2.05) is 0 Å². The molecular formula is C14H18N2O2. The molecule has 1 aromatic carbocycles. The minimum Gasteiger partial charge on any atom is -0.508 e. The second kappa shape index (κ2) is 5.69. The summed E-state index contributed by atoms with van der Waals surface area (Å²) in [6.45, 7) is 0. The van der Waals surface area contributed by atoms with Crippen molar-refractivity contribution in [2.24, 2.45) is 5.73 Å². The first-order valence-corrected chi connectivity index (χ1v) is 6.14. The summed E-state index contributed by atoms with van der Waals surface area (Å²) >= 11 is 0. The topological polar surface area (TPSA) is 75.3 Å². The Balaban J connectivity index is 1.84. The van der Waals surface area contributed by atoms with Gasteiger partial charge in [-0.2, -0.15) is 0 Å². The van der Waals surface area contributed by atoms with Gasteiger partial charge in [0, 0.05) is 6.04 Å². The quantitative estimate of drug-likeness (QED) is 0.696. The van der Waals surface area contributed by atoms with Crippen molar-refractivity contribution in [3.05, 3.63) is 42.0 Å². The molecule has 0 fully saturated rings. The fraction of sp³-hybridized carbons (Fsp3) is 0.357. The number of nitrogens with two attached hydrogens (primary N) is 1. The smallest absolute Gasteiger partial charge is 0.237 e. The van der Waals surface area contributed by atoms with Crippen LogP contribution in [0.4, 0.5) is 0 Å². The average Bonchev–Trinajstić information content (AvgIpc) is 2.85. The highest BCUT2D eigenvalue weighted by Gasteiger charge is 2.18. The summed E-state index contributed by atoms with van der Waals surface area (Å²) in [6, 6.07) is 6.40. The predicted molar refractivity (Wildman–Crippen MR) is 70.1 cm³/mol. The molecule has 0 radical (unpaired) electrons. The van der Waals surface area contributed by atoms with E-state index in [4.69, 9.17) is 5.73 Å². The molecule has 4 nitrogen and oxygen atoms in total. The summed E-state index contributed by atoms with van der Waals surface area (Å²) in [4.78, 5) is 11.9. The first-order valence-electron chi connectivity index (χ1n) is 6.14. The van der Waals surface area contributed by atoms with Gasteiger partial charge >= 0.3 is 0 Å². The molecule has 0 heterocycles. The summed E-state index contributed by atoms with van der Waals surface area (Å²) < 4.78 is 0. The maximum absolute atomic E-state index is 11.9. The predicted octanol–water partition coefficient (Wildman–Crippen LogP) is 1.10. The van der Waals surface area contributed by atoms with Crippen LogP contribution in [0.5, 0.6) is 5.75 Å². The standard InChI is InChI=1S/C14H18N2O2/c15-13(9-10-5-7-12(17)8-6-10)14(18)16-11-3-1-2-4-11/h1-2,5-8,11,13,17H,3-4,9,15H2,(H,16,18)/t13-/m1/s1. The second-order valence-corrected chi connectivity index (χ2v) is 4.63. The van der Waals surface area contributed by atoms with Gasteiger partial charge < -0.3 is 16.2 Å². The van der Waals surface area contributed by atoms with E-state index in [2.05, 4.69) is 17.5 Å². The molecule has 0 aliphatic heterocycles. The van der Waals surface area contributed by atoms with Gasteiger partial charge in [-0.25, -0.2) is 0 Å². The van der Waals surface area contributed by atoms with Gasteiger partial charge in [0.25, 0.3) is 0 Å². The van der Waals surface area contributed by atoms with Crippen LogP contribution in [-0.2, 0) is 11.2 Å². The Morgan fingerprint density at radius 1 is 1.33 bits per heavy atom. The van der Waals surface area contributed by atoms with Crippen LogP contribution >= 0.6 is 0 Å². The zero-order valence-electron chi connectivity index (χ0n) is 10.2. The molecule has 0 aromatic heterocycles. The lowest BCUT2D eigenvalue weighted by molar-refractivity contribution is -0.122. The van der Waals surface area contributed by atoms with Gasteiger partial charge in [-0.1, -0.05) is 24.3 Å². The van der Waals surface area contributed by atoms with E-state index in [0.717, 1.165) is 18.4 Å². The van der Waals surface area contributed by atoms with Crippen LogP contribution in [0.2, 0.25) is 0 Å². The van der Waals surface area contributed by atoms with Crippen molar-refractivity contribution in [3.63, 3.8) is 0 Å². The molecule has 1 aromatic rings. The van der Waals surface area contributed by atoms with Crippen molar-refractivity contribution in [1.29, 1.82) is 0 Å². The number of phenolic OH excluding ortho intramolecular Hbond substituents is 1. The Morgan fingerprint density at radius 3 is 2.56 bits per heavy atom. The van der Waals surface area contributed by atoms with Crippen LogP contribution in [0, 0.1) is 0 Å². The third-order valence-electron chi connectivity index (χ3n) is 3.08. The van der Waals surface area contributed by atoms with E-state index >= 15 is 0 Å². The molecule has 0 saturated heterocycles. The first-order chi connectivity index (χ1) is 8.65. The van der Waals surface area contributed by atoms with Crippen molar-refractivity contribution in [2.75, 3.05) is 0 Å². The summed E-state index contributed by atoms with van der Waals surface area (Å²) in [5.74, 6) is 0.102. The lowest BCUT2D eigenvalue weighted by Gasteiger charge is -2.16. The molecule has 0 saturated carbocycles. The largest absolute Gasteiger partial charge is 0.508 e. The number of aromatic hydroxyl groups is 1. The second-order valence-electron chi connectivity index (χ2n) is 4.63. The van der Waals surface area contributed by atoms with Crippen LogP contribution in [-0.4, -0.2) is 23.1 Å². The van der Waals surface area contributed by atoms with Crippen molar-refractivity contribution in [1.82, 2.24) is 5.32 Å². The Labute approximate surface area is 107 Å². The fourth-order valence-electron chi connectivity index (χ4n) is 2.02. The number of hydrogen-bond donors (Lipinski definition) is 3. The van der Waals surface area contributed by atoms with Gasteiger partial charge in [0.1, 0.15) is 5.75 Å². The van der Waals surface area contributed by atoms with Gasteiger partial charge in [-0.15, -0.1) is 0 Å². The molecule has 1 aliphatic rings. The molecule has 2 rings (SSSR count). The zero-order valence-corrected chi connectivity index (χ0v) is 10.2. The third-order valence-corrected chi connectivity index (χ3v) is 3.08. The van der Waals surface area contributed by atoms with Crippen molar-refractivity contribution < 1.29 is 9.90 Å². The van der Waals surface area contributed by atoms with E-state index in [1.54, 1.807) is 24.3 Å². The van der Waals surface area contributed by atoms with E-state index in [1.165, 1.54) is 0 Å². The Kier molecular flexibility index (Phi) is 3.99. The van der Waals surface area contributed by atoms with E-state index in [-0.39, 0.29) is 17.7 Å². The third kappa shape index (κ3) is 3.34. The first kappa shape index (κ1) is 12.6. The Morgan fingerprint density at radius 2 is 1.94 bits per heavy atom. The summed E-state index contributed by atoms with van der Waals surface area (Å²) in [5.41, 5.74) is 6.81. The lowest BCUT2D eigenvalue weighted by Crippen LogP contribution is -2.45. The van der Waals surface area contributed by atoms with E-state index < -0.39 is 6.04 Å². The molecule has 0 bridgehead atoms. The fourth-order valence-corrected chi connectivity index (χ4v) is 2.02. The highest BCUT2D eigenvalue weighted by molar-refractivity contribution is 5.82. The van der Waals surface area contributed by atoms with Crippen LogP contribution in [0.15, 0.2) is 36.4 Å². The number of carbonyl (C=O) groups is 1. The summed E-state index contributed by atoms with van der Waals surface area (Å²) in [6.07, 6.45) is 6.38. The number of benzene rings is 1. The minimum absolute atomic E-state index is 0.114. The molecule has 4 heteroatoms. The Hall–Kier alpha value is -1.81. The highest BCUT2D eigenvalue weighted by atomic mass is 16.3. The van der Waals surface area contributed by atoms with Crippen molar-refractivity contribution >= 4 is 5.91 Å². The van der Waals surface area contributed by atoms with Crippen LogP contribution in [0.1, 0.15) is 18.4 Å². The minimum atomic E-state index is -0.546. The molecule has 1 aliphatic carbocycles. The number of nitrogens with one attached hydrogen (secondary N) is 1. The number of carbonyl (C=O) groups excluding carboxylic acids is 1. The van der Waals surface area contributed by atoms with Crippen molar-refractivity contribution in [2.45, 2.75) is 31.3 Å². The molecule has 0 unspecified atom stereocenters. The lowest BCUT2D eigenvalue weighted by atomic mass is 10.1. The number of amides is 1. The summed E-state index contributed by atoms with van der Waals surface area (Å²) in [7, 11) is 0. The molecular weight excluding hydrogens is 228 g/mol. The van der Waals surface area contributed by atoms with Crippen LogP contribution in [0.3, 0.4) is 0 Å². The maximum atomic E-state index is 11.9. The van der Waals surface area contributed by atoms with Crippen LogP contribution in [0.25, 0.3) is 0 Å². The van der Waals surface area contributed by atoms with Gasteiger partial charge in [-0.3, -0.25) is 4.79 Å². The maximum Gasteiger partial charge on any atom is 0.237 e. The monoisotopic (exact) mass is 246 g/mol. The van der Waals surface area contributed by atoms with Crippen LogP contribution < -0.4 is 11.1 Å². The molecule has 1 amide bonds. The Bertz CT molecular complexity index is 432. The molecule has 18 heavy (non-hydrogen) atoms.